The highest BCUT2D eigenvalue weighted by atomic mass is 32.2. The summed E-state index contributed by atoms with van der Waals surface area (Å²) in [6.45, 7) is 3.49. The minimum Gasteiger partial charge on any atom is -0.398 e. The molecule has 23 heavy (non-hydrogen) atoms. The fraction of sp³-hybridized carbons (Fsp3) is 0.333. The van der Waals surface area contributed by atoms with Gasteiger partial charge in [0.2, 0.25) is 0 Å². The first-order valence-corrected chi connectivity index (χ1v) is 8.48. The monoisotopic (exact) mass is 332 g/mol. The van der Waals surface area contributed by atoms with Crippen LogP contribution in [0.5, 0.6) is 0 Å². The second-order valence-corrected chi connectivity index (χ2v) is 6.95. The summed E-state index contributed by atoms with van der Waals surface area (Å²) in [7, 11) is 0. The van der Waals surface area contributed by atoms with E-state index in [1.54, 1.807) is 13.8 Å². The molecule has 2 rings (SSSR count). The summed E-state index contributed by atoms with van der Waals surface area (Å²) in [5.41, 5.74) is 15.7. The Morgan fingerprint density at radius 1 is 0.826 bits per heavy atom. The number of rotatable bonds is 6. The van der Waals surface area contributed by atoms with Gasteiger partial charge in [0.1, 0.15) is 0 Å². The molecule has 0 aromatic heterocycles. The zero-order valence-electron chi connectivity index (χ0n) is 13.5. The van der Waals surface area contributed by atoms with E-state index in [1.165, 1.54) is 11.8 Å². The van der Waals surface area contributed by atoms with E-state index in [-0.39, 0.29) is 0 Å². The highest BCUT2D eigenvalue weighted by Crippen LogP contribution is 2.38. The van der Waals surface area contributed by atoms with Crippen molar-refractivity contribution in [3.8, 4) is 0 Å². The standard InChI is InChI=1S/C18H24N2O2S/c1-11(21)9-13-5-3-7-15(17(13)19)23-16-8-4-6-14(18(16)20)10-12(2)22/h3-8,11-12,21-22H,9-10,19-20H2,1-2H3. The molecule has 0 radical (unpaired) electrons. The van der Waals surface area contributed by atoms with Crippen molar-refractivity contribution in [3.05, 3.63) is 47.5 Å². The van der Waals surface area contributed by atoms with Crippen molar-refractivity contribution in [2.45, 2.75) is 48.7 Å². The molecule has 0 aliphatic rings. The summed E-state index contributed by atoms with van der Waals surface area (Å²) in [5.74, 6) is 0. The molecule has 5 heteroatoms. The molecule has 0 aliphatic heterocycles. The van der Waals surface area contributed by atoms with Gasteiger partial charge in [0, 0.05) is 34.0 Å². The van der Waals surface area contributed by atoms with Crippen LogP contribution in [0.2, 0.25) is 0 Å². The highest BCUT2D eigenvalue weighted by Gasteiger charge is 2.12. The van der Waals surface area contributed by atoms with Crippen molar-refractivity contribution in [1.82, 2.24) is 0 Å². The van der Waals surface area contributed by atoms with Crippen molar-refractivity contribution < 1.29 is 10.2 Å². The lowest BCUT2D eigenvalue weighted by Crippen LogP contribution is -2.08. The molecule has 0 heterocycles. The smallest absolute Gasteiger partial charge is 0.0553 e. The molecule has 0 aliphatic carbocycles. The molecule has 2 unspecified atom stereocenters. The molecule has 6 N–H and O–H groups in total. The van der Waals surface area contributed by atoms with Crippen LogP contribution in [-0.2, 0) is 12.8 Å². The highest BCUT2D eigenvalue weighted by molar-refractivity contribution is 7.99. The molecule has 0 bridgehead atoms. The van der Waals surface area contributed by atoms with Crippen LogP contribution in [0, 0.1) is 0 Å². The first-order valence-electron chi connectivity index (χ1n) is 7.67. The first kappa shape index (κ1) is 17.7. The number of anilines is 2. The Morgan fingerprint density at radius 3 is 1.57 bits per heavy atom. The average molecular weight is 332 g/mol. The minimum atomic E-state index is -0.433. The lowest BCUT2D eigenvalue weighted by molar-refractivity contribution is 0.195. The molecule has 0 fully saturated rings. The third-order valence-electron chi connectivity index (χ3n) is 3.56. The molecule has 2 aromatic rings. The summed E-state index contributed by atoms with van der Waals surface area (Å²) < 4.78 is 0. The van der Waals surface area contributed by atoms with Crippen LogP contribution in [0.15, 0.2) is 46.2 Å². The van der Waals surface area contributed by atoms with E-state index in [0.717, 1.165) is 20.9 Å². The molecule has 0 spiro atoms. The van der Waals surface area contributed by atoms with Crippen LogP contribution in [0.4, 0.5) is 11.4 Å². The van der Waals surface area contributed by atoms with Gasteiger partial charge in [0.15, 0.2) is 0 Å². The van der Waals surface area contributed by atoms with Gasteiger partial charge in [0.25, 0.3) is 0 Å². The van der Waals surface area contributed by atoms with E-state index in [0.29, 0.717) is 24.2 Å². The summed E-state index contributed by atoms with van der Waals surface area (Å²) in [6, 6.07) is 11.6. The Bertz CT molecular complexity index is 615. The molecule has 0 amide bonds. The van der Waals surface area contributed by atoms with Crippen LogP contribution in [0.3, 0.4) is 0 Å². The molecule has 124 valence electrons. The number of hydrogen-bond acceptors (Lipinski definition) is 5. The molecular weight excluding hydrogens is 308 g/mol. The summed E-state index contributed by atoms with van der Waals surface area (Å²) >= 11 is 1.51. The SMILES string of the molecule is CC(O)Cc1cccc(Sc2cccc(CC(C)O)c2N)c1N. The van der Waals surface area contributed by atoms with E-state index >= 15 is 0 Å². The largest absolute Gasteiger partial charge is 0.398 e. The van der Waals surface area contributed by atoms with E-state index in [1.807, 2.05) is 36.4 Å². The molecule has 4 nitrogen and oxygen atoms in total. The number of para-hydroxylation sites is 2. The van der Waals surface area contributed by atoms with E-state index < -0.39 is 12.2 Å². The number of benzene rings is 2. The second-order valence-electron chi connectivity index (χ2n) is 5.87. The Kier molecular flexibility index (Phi) is 5.93. The van der Waals surface area contributed by atoms with Crippen molar-refractivity contribution in [3.63, 3.8) is 0 Å². The Balaban J connectivity index is 2.29. The minimum absolute atomic E-state index is 0.433. The van der Waals surface area contributed by atoms with Gasteiger partial charge in [0.05, 0.1) is 12.2 Å². The number of aliphatic hydroxyl groups is 2. The molecule has 2 atom stereocenters. The van der Waals surface area contributed by atoms with Crippen LogP contribution >= 0.6 is 11.8 Å². The average Bonchev–Trinajstić information content (AvgIpc) is 2.46. The third-order valence-corrected chi connectivity index (χ3v) is 4.72. The fourth-order valence-electron chi connectivity index (χ4n) is 2.47. The van der Waals surface area contributed by atoms with Gasteiger partial charge in [-0.3, -0.25) is 0 Å². The lowest BCUT2D eigenvalue weighted by atomic mass is 10.1. The Morgan fingerprint density at radius 2 is 1.22 bits per heavy atom. The number of nitrogen functional groups attached to an aromatic ring is 2. The normalized spacial score (nSPS) is 13.7. The maximum atomic E-state index is 9.57. The van der Waals surface area contributed by atoms with E-state index in [2.05, 4.69) is 0 Å². The van der Waals surface area contributed by atoms with Gasteiger partial charge in [-0.2, -0.15) is 0 Å². The van der Waals surface area contributed by atoms with Crippen molar-refractivity contribution in [1.29, 1.82) is 0 Å². The van der Waals surface area contributed by atoms with Crippen LogP contribution in [-0.4, -0.2) is 22.4 Å². The van der Waals surface area contributed by atoms with E-state index in [9.17, 15) is 10.2 Å². The number of aliphatic hydroxyl groups excluding tert-OH is 2. The van der Waals surface area contributed by atoms with Crippen molar-refractivity contribution >= 4 is 23.1 Å². The van der Waals surface area contributed by atoms with Gasteiger partial charge in [-0.1, -0.05) is 36.0 Å². The van der Waals surface area contributed by atoms with Crippen LogP contribution < -0.4 is 11.5 Å². The number of hydrogen-bond donors (Lipinski definition) is 4. The van der Waals surface area contributed by atoms with Gasteiger partial charge in [-0.15, -0.1) is 0 Å². The van der Waals surface area contributed by atoms with Crippen LogP contribution in [0.1, 0.15) is 25.0 Å². The Labute approximate surface area is 141 Å². The third kappa shape index (κ3) is 4.64. The zero-order valence-corrected chi connectivity index (χ0v) is 14.3. The lowest BCUT2D eigenvalue weighted by Gasteiger charge is -2.15. The van der Waals surface area contributed by atoms with Gasteiger partial charge >= 0.3 is 0 Å². The second kappa shape index (κ2) is 7.73. The summed E-state index contributed by atoms with van der Waals surface area (Å²) in [4.78, 5) is 1.84. The first-order chi connectivity index (χ1) is 10.9. The molecule has 0 saturated carbocycles. The quantitative estimate of drug-likeness (QED) is 0.611. The Hall–Kier alpha value is -1.69. The summed E-state index contributed by atoms with van der Waals surface area (Å²) in [5, 5.41) is 19.1. The molecule has 0 saturated heterocycles. The number of nitrogens with two attached hydrogens (primary N) is 2. The van der Waals surface area contributed by atoms with Gasteiger partial charge in [-0.05, 0) is 37.1 Å². The fourth-order valence-corrected chi connectivity index (χ4v) is 3.48. The predicted octanol–water partition coefficient (Wildman–Crippen LogP) is 2.85. The maximum absolute atomic E-state index is 9.57. The maximum Gasteiger partial charge on any atom is 0.0553 e. The van der Waals surface area contributed by atoms with Crippen molar-refractivity contribution in [2.75, 3.05) is 11.5 Å². The van der Waals surface area contributed by atoms with Gasteiger partial charge in [-0.25, -0.2) is 0 Å². The summed E-state index contributed by atoms with van der Waals surface area (Å²) in [6.07, 6.45) is 0.184. The predicted molar refractivity (Wildman–Crippen MR) is 96.6 cm³/mol. The van der Waals surface area contributed by atoms with Crippen LogP contribution in [0.25, 0.3) is 0 Å². The molecule has 2 aromatic carbocycles. The topological polar surface area (TPSA) is 92.5 Å². The van der Waals surface area contributed by atoms with Gasteiger partial charge < -0.3 is 21.7 Å². The van der Waals surface area contributed by atoms with E-state index in [4.69, 9.17) is 11.5 Å². The molecular formula is C18H24N2O2S. The zero-order chi connectivity index (χ0) is 17.0. The van der Waals surface area contributed by atoms with Crippen molar-refractivity contribution in [2.24, 2.45) is 0 Å².